The van der Waals surface area contributed by atoms with Crippen molar-refractivity contribution in [2.75, 3.05) is 0 Å². The first-order chi connectivity index (χ1) is 57.7. The number of aliphatic hydroxyl groups excluding tert-OH is 6. The number of allylic oxidation sites excluding steroid dienone is 20. The van der Waals surface area contributed by atoms with Crippen LogP contribution in [-0.2, 0) is 66.8 Å². The van der Waals surface area contributed by atoms with Gasteiger partial charge < -0.3 is 75.4 Å². The topological polar surface area (TPSA) is 380 Å². The monoisotopic (exact) mass is 1700 g/mol. The second-order valence-corrected chi connectivity index (χ2v) is 31.7. The van der Waals surface area contributed by atoms with Crippen LogP contribution < -0.4 is 16.4 Å². The van der Waals surface area contributed by atoms with Crippen LogP contribution in [0.4, 0.5) is 4.79 Å². The van der Waals surface area contributed by atoms with Gasteiger partial charge in [0.2, 0.25) is 11.8 Å². The number of carbonyl (C=O) groups excluding carboxylic acids is 9. The zero-order valence-electron chi connectivity index (χ0n) is 74.6. The van der Waals surface area contributed by atoms with E-state index in [1.807, 2.05) is 150 Å². The Morgan fingerprint density at radius 2 is 0.787 bits per heavy atom. The van der Waals surface area contributed by atoms with Gasteiger partial charge in [-0.15, -0.1) is 0 Å². The van der Waals surface area contributed by atoms with Crippen molar-refractivity contribution in [2.45, 2.75) is 299 Å². The Labute approximate surface area is 725 Å². The third-order valence-corrected chi connectivity index (χ3v) is 18.8. The predicted octanol–water partition coefficient (Wildman–Crippen LogP) is 16.2. The lowest BCUT2D eigenvalue weighted by Gasteiger charge is -2.22. The van der Waals surface area contributed by atoms with Crippen LogP contribution in [0.3, 0.4) is 0 Å². The van der Waals surface area contributed by atoms with E-state index >= 15 is 0 Å². The van der Waals surface area contributed by atoms with Gasteiger partial charge in [-0.3, -0.25) is 24.0 Å². The molecule has 3 aliphatic rings. The second-order valence-electron chi connectivity index (χ2n) is 31.7. The Bertz CT molecular complexity index is 3910. The van der Waals surface area contributed by atoms with Crippen molar-refractivity contribution in [3.05, 3.63) is 239 Å². The molecule has 15 atom stereocenters. The van der Waals surface area contributed by atoms with Gasteiger partial charge in [0.15, 0.2) is 0 Å². The van der Waals surface area contributed by atoms with E-state index in [4.69, 9.17) is 34.2 Å². The molecule has 0 spiro atoms. The lowest BCUT2D eigenvalue weighted by Crippen LogP contribution is -2.32. The highest BCUT2D eigenvalue weighted by Crippen LogP contribution is 2.26. The van der Waals surface area contributed by atoms with Crippen molar-refractivity contribution in [1.82, 2.24) is 10.6 Å². The lowest BCUT2D eigenvalue weighted by molar-refractivity contribution is -0.151. The van der Waals surface area contributed by atoms with Gasteiger partial charge in [0, 0.05) is 93.6 Å². The number of hydrogen-bond acceptors (Lipinski definition) is 21. The van der Waals surface area contributed by atoms with Crippen molar-refractivity contribution in [1.29, 1.82) is 0 Å². The Hall–Kier alpha value is -10.2. The molecule has 0 aromatic heterocycles. The van der Waals surface area contributed by atoms with Crippen LogP contribution in [0.25, 0.3) is 0 Å². The van der Waals surface area contributed by atoms with Crippen molar-refractivity contribution in [3.63, 3.8) is 0 Å². The summed E-state index contributed by atoms with van der Waals surface area (Å²) in [5, 5.41) is 67.5. The molecule has 10 N–H and O–H groups in total. The molecule has 3 heterocycles. The molecule has 122 heavy (non-hydrogen) atoms. The number of amides is 3. The van der Waals surface area contributed by atoms with Gasteiger partial charge in [-0.05, 0) is 190 Å². The maximum Gasteiger partial charge on any atom is 0.404 e. The molecule has 0 saturated carbocycles. The summed E-state index contributed by atoms with van der Waals surface area (Å²) in [6.45, 7) is 31.3. The van der Waals surface area contributed by atoms with Crippen LogP contribution in [-0.4, -0.2) is 158 Å². The van der Waals surface area contributed by atoms with E-state index in [1.54, 1.807) is 61.9 Å². The Balaban J connectivity index is 0.000000922. The molecule has 3 amide bonds. The highest BCUT2D eigenvalue weighted by molar-refractivity contribution is 5.89. The summed E-state index contributed by atoms with van der Waals surface area (Å²) in [7, 11) is 0. The predicted molar refractivity (Wildman–Crippen MR) is 480 cm³/mol. The number of nitrogens with two attached hydrogens (primary N) is 1. The van der Waals surface area contributed by atoms with Gasteiger partial charge in [0.25, 0.3) is 0 Å². The molecule has 24 heteroatoms. The molecule has 3 rings (SSSR count). The maximum absolute atomic E-state index is 12.7. The highest BCUT2D eigenvalue weighted by Gasteiger charge is 2.26. The number of esters is 5. The molecule has 0 fully saturated rings. The molecule has 0 aliphatic carbocycles. The minimum absolute atomic E-state index is 0.112. The molecular weight excluding hydrogens is 1560 g/mol. The van der Waals surface area contributed by atoms with Gasteiger partial charge in [0.1, 0.15) is 61.2 Å². The van der Waals surface area contributed by atoms with Crippen molar-refractivity contribution < 1.29 is 102 Å². The minimum atomic E-state index is -1.12. The zero-order valence-corrected chi connectivity index (χ0v) is 74.6. The maximum atomic E-state index is 12.7. The molecule has 674 valence electrons. The molecular formula is C98H141N3O21. The van der Waals surface area contributed by atoms with E-state index in [-0.39, 0.29) is 29.6 Å². The molecule has 3 aliphatic heterocycles. The summed E-state index contributed by atoms with van der Waals surface area (Å²) in [4.78, 5) is 107. The van der Waals surface area contributed by atoms with Gasteiger partial charge in [-0.1, -0.05) is 200 Å². The van der Waals surface area contributed by atoms with E-state index in [2.05, 4.69) is 17.2 Å². The average molecular weight is 1700 g/mol. The Kier molecular flexibility index (Phi) is 58.1. The molecule has 24 nitrogen and oxygen atoms in total. The highest BCUT2D eigenvalue weighted by atomic mass is 16.6. The fourth-order valence-electron chi connectivity index (χ4n) is 12.6. The number of hydrogen-bond donors (Lipinski definition) is 9. The Morgan fingerprint density at radius 1 is 0.467 bits per heavy atom. The average Bonchev–Trinajstić information content (AvgIpc) is 0.913. The van der Waals surface area contributed by atoms with Crippen molar-refractivity contribution in [2.24, 2.45) is 23.5 Å². The third-order valence-electron chi connectivity index (χ3n) is 18.8. The fourth-order valence-corrected chi connectivity index (χ4v) is 12.6. The van der Waals surface area contributed by atoms with Gasteiger partial charge in [0.05, 0.1) is 18.3 Å². The van der Waals surface area contributed by atoms with Crippen LogP contribution in [0.1, 0.15) is 226 Å². The van der Waals surface area contributed by atoms with E-state index in [0.29, 0.717) is 128 Å². The number of nitrogens with one attached hydrogen (secondary N) is 2. The zero-order chi connectivity index (χ0) is 91.5. The van der Waals surface area contributed by atoms with Crippen molar-refractivity contribution in [3.8, 4) is 0 Å². The first-order valence-corrected chi connectivity index (χ1v) is 42.2. The number of carbonyl (C=O) groups is 9. The summed E-state index contributed by atoms with van der Waals surface area (Å²) in [5.41, 5.74) is 13.4. The molecule has 0 bridgehead atoms. The molecule has 0 aromatic carbocycles. The molecule has 0 saturated heterocycles. The van der Waals surface area contributed by atoms with Gasteiger partial charge >= 0.3 is 35.9 Å². The van der Waals surface area contributed by atoms with E-state index < -0.39 is 109 Å². The standard InChI is InChI=1S/C36H52N2O7.C34H49NO7.C28H40O7/c1-25(2)21-28(5)24-34(41)38-20-19-27(4)22-29(6)33-23-26(3)13-9-7-11-15-32(45-36(37)43)31(40)18-17-30(39)14-10-8-12-16-35(42)44-33;1-24(2)21-33(39)35-20-19-26(4)22-27(5)32-23-25(3)13-9-7-11-15-31(41-28(6)36)30(38)18-17-29(37)14-10-8-12-16-34(40)42-32;1-20-11-7-5-9-13-26(34-23(4)30)25(32)16-15-24(31)12-8-6-10-14-28(33)35-27(18-20)22(3)17-21(2)19-29/h7,9,12-13,16-20,22,24,29-33,39-40H,1,8,10-11,14-15,21,23H2,2-6H3,(H2,37,43)(H,38,41);7,9,12-13,16-22,27,29-32,37-38H,8,10-11,14-15,23H2,1-6H3,(H,35,39);5,7,10-11,14-17,19,22,24-27,31-32H,6,8-9,12-13,18H2,1-4H3/b9-7+,16-12+,18-17+,20-19+,26-13+,27-22+,28-24-;9-7+,16-12+,18-17+,20-19+,25-13+,26-22+;7-5+,14-10+,16-15+,20-11+,21-17+/t;27-,29+,30+,31+,32+;/m.0./s1. The van der Waals surface area contributed by atoms with Crippen LogP contribution in [0.5, 0.6) is 0 Å². The van der Waals surface area contributed by atoms with Gasteiger partial charge in [-0.2, -0.15) is 0 Å². The molecule has 0 radical (unpaired) electrons. The number of primary amides is 1. The van der Waals surface area contributed by atoms with Crippen LogP contribution in [0.15, 0.2) is 239 Å². The SMILES string of the molecule is C=C(C)C/C(C)=C\C(=O)N/C=C/C(C)=C/C(C)C1C/C(C)=C/C=C/CCC(OC(N)=O)C(O)/C=C/C(O)CCC/C=C/C(=O)O1.CC(=O)OC1CC/C=C/C=C(\C)CC(C(C)/C=C(\C)C=O)OC(=O)/C=C/CCCC(O)/C=C/C1O.CC(=O)O[C@@H]1CC/C=C/C=C(\C)C[C@H]([C@@H](C)/C=C(C)/C=C/NC(=O)C=C(C)C)OC(=O)/C=C/CCC[C@@H](O)/C=C/[C@H]1O. The summed E-state index contributed by atoms with van der Waals surface area (Å²) >= 11 is 0. The van der Waals surface area contributed by atoms with Gasteiger partial charge in [-0.25, -0.2) is 19.2 Å². The summed E-state index contributed by atoms with van der Waals surface area (Å²) in [6, 6.07) is 0. The first-order valence-electron chi connectivity index (χ1n) is 42.2. The largest absolute Gasteiger partial charge is 0.459 e. The van der Waals surface area contributed by atoms with E-state index in [9.17, 15) is 73.8 Å². The van der Waals surface area contributed by atoms with Crippen LogP contribution in [0, 0.1) is 17.8 Å². The summed E-state index contributed by atoms with van der Waals surface area (Å²) in [5.74, 6) is -3.09. The molecule has 0 aromatic rings. The van der Waals surface area contributed by atoms with Crippen molar-refractivity contribution >= 4 is 54.0 Å². The summed E-state index contributed by atoms with van der Waals surface area (Å²) in [6.07, 6.45) is 51.5. The quantitative estimate of drug-likeness (QED) is 0.0154. The molecule has 10 unspecified atom stereocenters. The summed E-state index contributed by atoms with van der Waals surface area (Å²) < 4.78 is 33.1. The smallest absolute Gasteiger partial charge is 0.404 e. The van der Waals surface area contributed by atoms with E-state index in [1.165, 1.54) is 74.6 Å². The van der Waals surface area contributed by atoms with Crippen LogP contribution >= 0.6 is 0 Å². The Morgan fingerprint density at radius 3 is 1.09 bits per heavy atom. The van der Waals surface area contributed by atoms with Crippen LogP contribution in [0.2, 0.25) is 0 Å². The number of aldehydes is 1. The number of cyclic esters (lactones) is 3. The normalized spacial score (nSPS) is 28.6. The minimum Gasteiger partial charge on any atom is -0.459 e. The second kappa shape index (κ2) is 64.6. The first kappa shape index (κ1) is 110. The van der Waals surface area contributed by atoms with E-state index in [0.717, 1.165) is 50.9 Å². The number of rotatable bonds is 18. The fraction of sp³-hybridized carbons (Fsp3) is 0.500. The third kappa shape index (κ3) is 57.1. The number of ether oxygens (including phenoxy) is 6. The number of aliphatic hydroxyl groups is 6. The lowest BCUT2D eigenvalue weighted by atomic mass is 9.95.